The number of hydrogen-bond acceptors (Lipinski definition) is 6. The van der Waals surface area contributed by atoms with E-state index in [1.54, 1.807) is 19.4 Å². The highest BCUT2D eigenvalue weighted by Gasteiger charge is 2.34. The highest BCUT2D eigenvalue weighted by atomic mass is 16.2. The third-order valence-electron chi connectivity index (χ3n) is 5.72. The highest BCUT2D eigenvalue weighted by Crippen LogP contribution is 2.29. The molecule has 1 aliphatic heterocycles. The predicted octanol–water partition coefficient (Wildman–Crippen LogP) is 2.98. The normalized spacial score (nSPS) is 13.4. The van der Waals surface area contributed by atoms with Gasteiger partial charge in [-0.05, 0) is 12.1 Å². The molecule has 2 aromatic heterocycles. The molecule has 0 spiro atoms. The smallest absolute Gasteiger partial charge is 0.266 e. The second kappa shape index (κ2) is 8.66. The van der Waals surface area contributed by atoms with Gasteiger partial charge in [-0.2, -0.15) is 5.10 Å². The Hall–Kier alpha value is -4.33. The minimum Gasteiger partial charge on any atom is -0.355 e. The number of benzene rings is 2. The molecule has 0 bridgehead atoms. The van der Waals surface area contributed by atoms with Gasteiger partial charge in [0.15, 0.2) is 0 Å². The molecule has 0 unspecified atom stereocenters. The van der Waals surface area contributed by atoms with Crippen molar-refractivity contribution in [2.75, 3.05) is 23.3 Å². The number of carbonyl (C=O) groups is 1. The molecule has 1 aliphatic rings. The maximum absolute atomic E-state index is 12.9. The topological polar surface area (TPSA) is 93.0 Å². The van der Waals surface area contributed by atoms with Crippen molar-refractivity contribution in [3.05, 3.63) is 89.5 Å². The van der Waals surface area contributed by atoms with Crippen molar-refractivity contribution in [1.82, 2.24) is 19.7 Å². The molecule has 1 fully saturated rings. The van der Waals surface area contributed by atoms with Crippen molar-refractivity contribution >= 4 is 17.4 Å². The lowest BCUT2D eigenvalue weighted by molar-refractivity contribution is -0.120. The lowest BCUT2D eigenvalue weighted by atomic mass is 9.98. The summed E-state index contributed by atoms with van der Waals surface area (Å²) in [5.41, 5.74) is 3.75. The predicted molar refractivity (Wildman–Crippen MR) is 127 cm³/mol. The number of para-hydroxylation sites is 1. The fraction of sp³-hybridized carbons (Fsp3) is 0.160. The van der Waals surface area contributed by atoms with Crippen LogP contribution in [-0.4, -0.2) is 38.7 Å². The number of rotatable bonds is 5. The van der Waals surface area contributed by atoms with Crippen molar-refractivity contribution < 1.29 is 4.79 Å². The van der Waals surface area contributed by atoms with Gasteiger partial charge in [0.25, 0.3) is 5.56 Å². The van der Waals surface area contributed by atoms with Crippen LogP contribution in [0.25, 0.3) is 22.5 Å². The number of amides is 1. The van der Waals surface area contributed by atoms with Crippen LogP contribution >= 0.6 is 0 Å². The molecule has 3 heterocycles. The van der Waals surface area contributed by atoms with Gasteiger partial charge < -0.3 is 10.2 Å². The van der Waals surface area contributed by atoms with Crippen molar-refractivity contribution in [3.8, 4) is 22.5 Å². The van der Waals surface area contributed by atoms with Gasteiger partial charge in [-0.25, -0.2) is 14.6 Å². The Kier molecular flexibility index (Phi) is 5.40. The summed E-state index contributed by atoms with van der Waals surface area (Å²) in [5, 5.41) is 7.33. The van der Waals surface area contributed by atoms with Crippen LogP contribution < -0.4 is 15.8 Å². The molecule has 33 heavy (non-hydrogen) atoms. The van der Waals surface area contributed by atoms with Gasteiger partial charge in [-0.1, -0.05) is 48.5 Å². The van der Waals surface area contributed by atoms with Crippen molar-refractivity contribution in [3.63, 3.8) is 0 Å². The van der Waals surface area contributed by atoms with Crippen molar-refractivity contribution in [2.45, 2.75) is 0 Å². The van der Waals surface area contributed by atoms with Crippen molar-refractivity contribution in [2.24, 2.45) is 13.0 Å². The van der Waals surface area contributed by atoms with Crippen LogP contribution in [0.3, 0.4) is 0 Å². The number of anilines is 2. The molecule has 0 saturated carbocycles. The first-order chi connectivity index (χ1) is 16.1. The monoisotopic (exact) mass is 438 g/mol. The highest BCUT2D eigenvalue weighted by molar-refractivity contribution is 5.97. The summed E-state index contributed by atoms with van der Waals surface area (Å²) in [6, 6.07) is 22.5. The van der Waals surface area contributed by atoms with Crippen LogP contribution in [-0.2, 0) is 11.8 Å². The Morgan fingerprint density at radius 3 is 2.48 bits per heavy atom. The van der Waals surface area contributed by atoms with Gasteiger partial charge >= 0.3 is 0 Å². The Labute approximate surface area is 190 Å². The molecule has 0 atom stereocenters. The number of nitrogens with one attached hydrogen (secondary N) is 1. The summed E-state index contributed by atoms with van der Waals surface area (Å²) < 4.78 is 1.28. The average molecular weight is 438 g/mol. The fourth-order valence-corrected chi connectivity index (χ4v) is 3.81. The maximum Gasteiger partial charge on any atom is 0.266 e. The zero-order chi connectivity index (χ0) is 22.8. The van der Waals surface area contributed by atoms with Gasteiger partial charge in [0.1, 0.15) is 12.1 Å². The van der Waals surface area contributed by atoms with E-state index in [2.05, 4.69) is 25.3 Å². The van der Waals surface area contributed by atoms with E-state index in [0.29, 0.717) is 24.5 Å². The number of aryl methyl sites for hydroxylation is 1. The number of aromatic nitrogens is 4. The van der Waals surface area contributed by atoms with E-state index in [4.69, 9.17) is 0 Å². The van der Waals surface area contributed by atoms with Crippen LogP contribution in [0.1, 0.15) is 0 Å². The first-order valence-electron chi connectivity index (χ1n) is 10.7. The molecular weight excluding hydrogens is 416 g/mol. The van der Waals surface area contributed by atoms with E-state index >= 15 is 0 Å². The second-order valence-corrected chi connectivity index (χ2v) is 7.94. The van der Waals surface area contributed by atoms with Crippen LogP contribution in [0.15, 0.2) is 83.9 Å². The van der Waals surface area contributed by atoms with Gasteiger partial charge in [0.05, 0.1) is 23.0 Å². The van der Waals surface area contributed by atoms with E-state index in [1.807, 2.05) is 60.7 Å². The first kappa shape index (κ1) is 20.6. The molecule has 164 valence electrons. The Balaban J connectivity index is 1.27. The largest absolute Gasteiger partial charge is 0.355 e. The lowest BCUT2D eigenvalue weighted by Crippen LogP contribution is -2.52. The van der Waals surface area contributed by atoms with E-state index < -0.39 is 0 Å². The number of nitrogens with zero attached hydrogens (tertiary/aromatic N) is 5. The van der Waals surface area contributed by atoms with Crippen molar-refractivity contribution in [1.29, 1.82) is 0 Å². The molecule has 1 N–H and O–H groups in total. The third kappa shape index (κ3) is 4.23. The molecule has 8 heteroatoms. The molecule has 1 saturated heterocycles. The summed E-state index contributed by atoms with van der Waals surface area (Å²) in [6.07, 6.45) is 1.56. The summed E-state index contributed by atoms with van der Waals surface area (Å²) in [7, 11) is 1.60. The molecule has 1 amide bonds. The van der Waals surface area contributed by atoms with Crippen LogP contribution in [0, 0.1) is 5.92 Å². The fourth-order valence-electron chi connectivity index (χ4n) is 3.81. The Morgan fingerprint density at radius 2 is 1.70 bits per heavy atom. The van der Waals surface area contributed by atoms with Crippen LogP contribution in [0.5, 0.6) is 0 Å². The molecule has 2 aromatic carbocycles. The quantitative estimate of drug-likeness (QED) is 0.515. The first-order valence-corrected chi connectivity index (χ1v) is 10.7. The molecule has 5 rings (SSSR count). The zero-order valence-electron chi connectivity index (χ0n) is 18.0. The van der Waals surface area contributed by atoms with Gasteiger partial charge in [0.2, 0.25) is 5.91 Å². The Bertz CT molecular complexity index is 1360. The number of carbonyl (C=O) groups excluding carboxylic acids is 1. The van der Waals surface area contributed by atoms with E-state index in [0.717, 1.165) is 22.6 Å². The molecule has 4 aromatic rings. The zero-order valence-corrected chi connectivity index (χ0v) is 18.0. The standard InChI is InChI=1S/C25H22N6O2/c1-30-24(32)12-11-21(29-30)19-9-5-6-10-20(19)28-25(33)18-14-31(15-18)23-13-22(26-16-27-23)17-7-3-2-4-8-17/h2-13,16,18H,14-15H2,1H3,(H,28,33). The average Bonchev–Trinajstić information content (AvgIpc) is 2.81. The third-order valence-corrected chi connectivity index (χ3v) is 5.72. The summed E-state index contributed by atoms with van der Waals surface area (Å²) >= 11 is 0. The Morgan fingerprint density at radius 1 is 0.939 bits per heavy atom. The van der Waals surface area contributed by atoms with Gasteiger partial charge in [0, 0.05) is 43.4 Å². The van der Waals surface area contributed by atoms with E-state index in [-0.39, 0.29) is 17.4 Å². The molecule has 0 radical (unpaired) electrons. The van der Waals surface area contributed by atoms with Gasteiger partial charge in [-0.3, -0.25) is 9.59 Å². The van der Waals surface area contributed by atoms with Crippen LogP contribution in [0.2, 0.25) is 0 Å². The summed E-state index contributed by atoms with van der Waals surface area (Å²) in [4.78, 5) is 35.4. The number of hydrogen-bond donors (Lipinski definition) is 1. The van der Waals surface area contributed by atoms with E-state index in [1.165, 1.54) is 10.7 Å². The van der Waals surface area contributed by atoms with Gasteiger partial charge in [-0.15, -0.1) is 0 Å². The summed E-state index contributed by atoms with van der Waals surface area (Å²) in [6.45, 7) is 1.16. The molecule has 0 aliphatic carbocycles. The summed E-state index contributed by atoms with van der Waals surface area (Å²) in [5.74, 6) is 0.602. The second-order valence-electron chi connectivity index (χ2n) is 7.94. The molecule has 8 nitrogen and oxygen atoms in total. The minimum atomic E-state index is -0.185. The lowest BCUT2D eigenvalue weighted by Gasteiger charge is -2.39. The van der Waals surface area contributed by atoms with Crippen LogP contribution in [0.4, 0.5) is 11.5 Å². The van der Waals surface area contributed by atoms with E-state index in [9.17, 15) is 9.59 Å². The SMILES string of the molecule is Cn1nc(-c2ccccc2NC(=O)C2CN(c3cc(-c4ccccc4)ncn3)C2)ccc1=O. The maximum atomic E-state index is 12.9. The molecular formula is C25H22N6O2. The minimum absolute atomic E-state index is 0.0548.